The van der Waals surface area contributed by atoms with Gasteiger partial charge in [-0.1, -0.05) is 18.2 Å². The molecule has 0 aromatic heterocycles. The summed E-state index contributed by atoms with van der Waals surface area (Å²) in [6, 6.07) is 10.3. The van der Waals surface area contributed by atoms with Gasteiger partial charge in [0.1, 0.15) is 0 Å². The number of nitrogens with one attached hydrogen (secondary N) is 2. The van der Waals surface area contributed by atoms with Crippen LogP contribution in [0.4, 0.5) is 13.6 Å². The summed E-state index contributed by atoms with van der Waals surface area (Å²) in [5, 5.41) is 5.51. The van der Waals surface area contributed by atoms with Crippen LogP contribution in [-0.4, -0.2) is 56.4 Å². The summed E-state index contributed by atoms with van der Waals surface area (Å²) in [6.07, 6.45) is -0.215. The van der Waals surface area contributed by atoms with E-state index in [0.717, 1.165) is 11.6 Å². The maximum absolute atomic E-state index is 13.4. The fourth-order valence-corrected chi connectivity index (χ4v) is 3.32. The first-order chi connectivity index (χ1) is 14.9. The average Bonchev–Trinajstić information content (AvgIpc) is 2.78. The Bertz CT molecular complexity index is 925. The Morgan fingerprint density at radius 3 is 2.74 bits per heavy atom. The predicted octanol–water partition coefficient (Wildman–Crippen LogP) is 2.45. The summed E-state index contributed by atoms with van der Waals surface area (Å²) in [6.45, 7) is 2.74. The number of hydrogen-bond acceptors (Lipinski definition) is 5. The van der Waals surface area contributed by atoms with Crippen LogP contribution in [0.3, 0.4) is 0 Å². The zero-order chi connectivity index (χ0) is 22.2. The molecule has 1 aliphatic rings. The minimum Gasteiger partial charge on any atom is -0.465 e. The van der Waals surface area contributed by atoms with E-state index in [1.807, 2.05) is 0 Å². The van der Waals surface area contributed by atoms with Crippen LogP contribution < -0.4 is 10.6 Å². The summed E-state index contributed by atoms with van der Waals surface area (Å²) in [5.74, 6) is -2.16. The molecular weight excluding hydrogens is 408 g/mol. The van der Waals surface area contributed by atoms with Crippen LogP contribution in [0.25, 0.3) is 0 Å². The van der Waals surface area contributed by atoms with Gasteiger partial charge in [-0.2, -0.15) is 0 Å². The Kier molecular flexibility index (Phi) is 7.91. The summed E-state index contributed by atoms with van der Waals surface area (Å²) in [4.78, 5) is 25.8. The summed E-state index contributed by atoms with van der Waals surface area (Å²) >= 11 is 0. The van der Waals surface area contributed by atoms with Crippen molar-refractivity contribution >= 4 is 12.0 Å². The molecule has 2 amide bonds. The second kappa shape index (κ2) is 10.8. The molecule has 1 fully saturated rings. The van der Waals surface area contributed by atoms with E-state index in [9.17, 15) is 18.4 Å². The van der Waals surface area contributed by atoms with Crippen molar-refractivity contribution in [3.05, 3.63) is 70.8 Å². The van der Waals surface area contributed by atoms with Crippen LogP contribution in [0, 0.1) is 11.6 Å². The third-order valence-electron chi connectivity index (χ3n) is 4.90. The molecular formula is C22H25F2N3O4. The Labute approximate surface area is 179 Å². The van der Waals surface area contributed by atoms with Crippen LogP contribution in [0.15, 0.2) is 42.5 Å². The number of esters is 1. The number of urea groups is 1. The quantitative estimate of drug-likeness (QED) is 0.656. The van der Waals surface area contributed by atoms with Crippen molar-refractivity contribution in [2.75, 3.05) is 33.4 Å². The standard InChI is InChI=1S/C22H25F2N3O4/c1-30-21(28)17-4-2-3-15(9-17)11-25-22(29)26-12-18-14-27(7-8-31-18)13-16-5-6-19(23)20(24)10-16/h2-6,9-10,18H,7-8,11-14H2,1H3,(H2,25,26,29)/t18-/m0/s1. The Balaban J connectivity index is 1.42. The third-order valence-corrected chi connectivity index (χ3v) is 4.90. The van der Waals surface area contributed by atoms with Gasteiger partial charge in [0.15, 0.2) is 11.6 Å². The molecule has 0 unspecified atom stereocenters. The van der Waals surface area contributed by atoms with Crippen molar-refractivity contribution in [2.24, 2.45) is 0 Å². The second-order valence-corrected chi connectivity index (χ2v) is 7.23. The molecule has 2 N–H and O–H groups in total. The SMILES string of the molecule is COC(=O)c1cccc(CNC(=O)NC[C@H]2CN(Cc3ccc(F)c(F)c3)CCO2)c1. The van der Waals surface area contributed by atoms with Crippen molar-refractivity contribution in [2.45, 2.75) is 19.2 Å². The Morgan fingerprint density at radius 1 is 1.13 bits per heavy atom. The van der Waals surface area contributed by atoms with Gasteiger partial charge in [-0.3, -0.25) is 4.90 Å². The lowest BCUT2D eigenvalue weighted by Crippen LogP contribution is -2.48. The van der Waals surface area contributed by atoms with Gasteiger partial charge in [0.25, 0.3) is 0 Å². The van der Waals surface area contributed by atoms with E-state index in [4.69, 9.17) is 4.74 Å². The number of halogens is 2. The third kappa shape index (κ3) is 6.73. The molecule has 1 heterocycles. The Morgan fingerprint density at radius 2 is 1.97 bits per heavy atom. The van der Waals surface area contributed by atoms with Gasteiger partial charge in [-0.15, -0.1) is 0 Å². The summed E-state index contributed by atoms with van der Waals surface area (Å²) in [5.41, 5.74) is 1.86. The van der Waals surface area contributed by atoms with Crippen LogP contribution in [0.1, 0.15) is 21.5 Å². The van der Waals surface area contributed by atoms with Gasteiger partial charge < -0.3 is 20.1 Å². The van der Waals surface area contributed by atoms with E-state index in [1.54, 1.807) is 30.3 Å². The lowest BCUT2D eigenvalue weighted by molar-refractivity contribution is -0.0287. The molecule has 1 saturated heterocycles. The number of carbonyl (C=O) groups excluding carboxylic acids is 2. The van der Waals surface area contributed by atoms with Crippen LogP contribution in [0.2, 0.25) is 0 Å². The first-order valence-corrected chi connectivity index (χ1v) is 9.91. The maximum atomic E-state index is 13.4. The lowest BCUT2D eigenvalue weighted by atomic mass is 10.1. The van der Waals surface area contributed by atoms with Gasteiger partial charge >= 0.3 is 12.0 Å². The first kappa shape index (κ1) is 22.6. The molecule has 3 rings (SSSR count). The molecule has 2 aromatic rings. The topological polar surface area (TPSA) is 79.9 Å². The Hall–Kier alpha value is -3.04. The molecule has 2 aromatic carbocycles. The number of rotatable bonds is 7. The van der Waals surface area contributed by atoms with E-state index in [1.165, 1.54) is 13.2 Å². The normalized spacial score (nSPS) is 16.5. The van der Waals surface area contributed by atoms with Crippen LogP contribution >= 0.6 is 0 Å². The van der Waals surface area contributed by atoms with E-state index in [2.05, 4.69) is 20.3 Å². The van der Waals surface area contributed by atoms with Gasteiger partial charge in [-0.05, 0) is 35.4 Å². The zero-order valence-electron chi connectivity index (χ0n) is 17.2. The van der Waals surface area contributed by atoms with Crippen molar-refractivity contribution in [1.29, 1.82) is 0 Å². The second-order valence-electron chi connectivity index (χ2n) is 7.23. The molecule has 7 nitrogen and oxygen atoms in total. The van der Waals surface area contributed by atoms with Gasteiger partial charge in [0.2, 0.25) is 0 Å². The fourth-order valence-electron chi connectivity index (χ4n) is 3.32. The van der Waals surface area contributed by atoms with Crippen LogP contribution in [0.5, 0.6) is 0 Å². The largest absolute Gasteiger partial charge is 0.465 e. The van der Waals surface area contributed by atoms with Crippen molar-refractivity contribution < 1.29 is 27.8 Å². The number of methoxy groups -OCH3 is 1. The molecule has 1 atom stereocenters. The molecule has 166 valence electrons. The first-order valence-electron chi connectivity index (χ1n) is 9.91. The summed E-state index contributed by atoms with van der Waals surface area (Å²) in [7, 11) is 1.31. The molecule has 0 bridgehead atoms. The van der Waals surface area contributed by atoms with E-state index in [0.29, 0.717) is 43.9 Å². The van der Waals surface area contributed by atoms with Gasteiger partial charge in [0.05, 0.1) is 25.4 Å². The fraction of sp³-hybridized carbons (Fsp3) is 0.364. The number of ether oxygens (including phenoxy) is 2. The van der Waals surface area contributed by atoms with Crippen LogP contribution in [-0.2, 0) is 22.6 Å². The zero-order valence-corrected chi connectivity index (χ0v) is 17.2. The predicted molar refractivity (Wildman–Crippen MR) is 109 cm³/mol. The molecule has 0 radical (unpaired) electrons. The monoisotopic (exact) mass is 433 g/mol. The van der Waals surface area contributed by atoms with Crippen molar-refractivity contribution in [1.82, 2.24) is 15.5 Å². The highest BCUT2D eigenvalue weighted by molar-refractivity contribution is 5.89. The highest BCUT2D eigenvalue weighted by Gasteiger charge is 2.21. The van der Waals surface area contributed by atoms with E-state index in [-0.39, 0.29) is 18.7 Å². The van der Waals surface area contributed by atoms with Gasteiger partial charge in [0, 0.05) is 32.7 Å². The number of carbonyl (C=O) groups is 2. The highest BCUT2D eigenvalue weighted by Crippen LogP contribution is 2.13. The van der Waals surface area contributed by atoms with E-state index >= 15 is 0 Å². The molecule has 31 heavy (non-hydrogen) atoms. The van der Waals surface area contributed by atoms with Crippen molar-refractivity contribution in [3.8, 4) is 0 Å². The molecule has 0 saturated carbocycles. The van der Waals surface area contributed by atoms with Gasteiger partial charge in [-0.25, -0.2) is 18.4 Å². The highest BCUT2D eigenvalue weighted by atomic mass is 19.2. The maximum Gasteiger partial charge on any atom is 0.337 e. The molecule has 0 aliphatic carbocycles. The number of amides is 2. The molecule has 1 aliphatic heterocycles. The molecule has 0 spiro atoms. The number of nitrogens with zero attached hydrogens (tertiary/aromatic N) is 1. The lowest BCUT2D eigenvalue weighted by Gasteiger charge is -2.33. The number of hydrogen-bond donors (Lipinski definition) is 2. The van der Waals surface area contributed by atoms with Crippen molar-refractivity contribution in [3.63, 3.8) is 0 Å². The minimum absolute atomic E-state index is 0.215. The number of benzene rings is 2. The minimum atomic E-state index is -0.865. The number of morpholine rings is 1. The van der Waals surface area contributed by atoms with E-state index < -0.39 is 17.6 Å². The average molecular weight is 433 g/mol. The smallest absolute Gasteiger partial charge is 0.337 e. The molecule has 9 heteroatoms. The summed E-state index contributed by atoms with van der Waals surface area (Å²) < 4.78 is 36.9.